The van der Waals surface area contributed by atoms with Gasteiger partial charge in [-0.1, -0.05) is 30.8 Å². The summed E-state index contributed by atoms with van der Waals surface area (Å²) in [7, 11) is 0. The molecule has 0 bridgehead atoms. The van der Waals surface area contributed by atoms with Crippen molar-refractivity contribution >= 4 is 5.91 Å². The minimum absolute atomic E-state index is 0.136. The molecule has 0 saturated heterocycles. The Morgan fingerprint density at radius 2 is 2.38 bits per heavy atom. The Labute approximate surface area is 95.1 Å². The van der Waals surface area contributed by atoms with Gasteiger partial charge in [-0.2, -0.15) is 0 Å². The van der Waals surface area contributed by atoms with Crippen LogP contribution in [-0.2, 0) is 16.1 Å². The molecule has 0 saturated carbocycles. The largest absolute Gasteiger partial charge is 0.376 e. The molecule has 1 N–H and O–H groups in total. The van der Waals surface area contributed by atoms with Crippen molar-refractivity contribution in [2.75, 3.05) is 13.2 Å². The van der Waals surface area contributed by atoms with Gasteiger partial charge in [0.2, 0.25) is 5.91 Å². The van der Waals surface area contributed by atoms with Crippen LogP contribution in [0.1, 0.15) is 17.0 Å². The molecule has 1 aromatic carbocycles. The molecule has 0 radical (unpaired) electrons. The maximum Gasteiger partial charge on any atom is 0.243 e. The summed E-state index contributed by atoms with van der Waals surface area (Å²) in [5.41, 5.74) is 2.49. The minimum Gasteiger partial charge on any atom is -0.376 e. The minimum atomic E-state index is -0.136. The van der Waals surface area contributed by atoms with E-state index in [1.54, 1.807) is 0 Å². The van der Waals surface area contributed by atoms with Crippen LogP contribution >= 0.6 is 0 Å². The highest BCUT2D eigenvalue weighted by Gasteiger charge is 2.20. The molecule has 3 heteroatoms. The van der Waals surface area contributed by atoms with E-state index in [-0.39, 0.29) is 11.8 Å². The third-order valence-corrected chi connectivity index (χ3v) is 2.78. The zero-order valence-corrected chi connectivity index (χ0v) is 9.11. The van der Waals surface area contributed by atoms with Gasteiger partial charge >= 0.3 is 0 Å². The standard InChI is InChI=1S/C13H15NO2/c1-2-13(15)14-7-11-9-16-8-10-5-3-4-6-12(10)11/h2-6,11H,1,7-9H2,(H,14,15). The van der Waals surface area contributed by atoms with Gasteiger partial charge in [-0.3, -0.25) is 4.79 Å². The van der Waals surface area contributed by atoms with Crippen LogP contribution in [0.4, 0.5) is 0 Å². The number of benzene rings is 1. The molecular formula is C13H15NO2. The van der Waals surface area contributed by atoms with Gasteiger partial charge < -0.3 is 10.1 Å². The van der Waals surface area contributed by atoms with E-state index in [1.807, 2.05) is 12.1 Å². The fourth-order valence-corrected chi connectivity index (χ4v) is 1.93. The summed E-state index contributed by atoms with van der Waals surface area (Å²) < 4.78 is 5.50. The van der Waals surface area contributed by atoms with Crippen LogP contribution in [0.25, 0.3) is 0 Å². The number of rotatable bonds is 3. The Kier molecular flexibility index (Phi) is 3.37. The van der Waals surface area contributed by atoms with Crippen LogP contribution in [0.3, 0.4) is 0 Å². The molecule has 1 aliphatic rings. The van der Waals surface area contributed by atoms with Crippen molar-refractivity contribution in [1.82, 2.24) is 5.32 Å². The Morgan fingerprint density at radius 3 is 3.19 bits per heavy atom. The van der Waals surface area contributed by atoms with Gasteiger partial charge in [0.15, 0.2) is 0 Å². The highest BCUT2D eigenvalue weighted by Crippen LogP contribution is 2.25. The number of carbonyl (C=O) groups excluding carboxylic acids is 1. The maximum absolute atomic E-state index is 11.1. The zero-order valence-electron chi connectivity index (χ0n) is 9.11. The lowest BCUT2D eigenvalue weighted by Gasteiger charge is -2.25. The first-order valence-corrected chi connectivity index (χ1v) is 5.37. The molecule has 3 nitrogen and oxygen atoms in total. The molecule has 1 heterocycles. The normalized spacial score (nSPS) is 18.6. The molecule has 16 heavy (non-hydrogen) atoms. The van der Waals surface area contributed by atoms with Crippen molar-refractivity contribution in [2.45, 2.75) is 12.5 Å². The van der Waals surface area contributed by atoms with E-state index < -0.39 is 0 Å². The van der Waals surface area contributed by atoms with E-state index in [4.69, 9.17) is 4.74 Å². The highest BCUT2D eigenvalue weighted by atomic mass is 16.5. The number of carbonyl (C=O) groups is 1. The number of hydrogen-bond donors (Lipinski definition) is 1. The van der Waals surface area contributed by atoms with Crippen molar-refractivity contribution in [3.63, 3.8) is 0 Å². The average molecular weight is 217 g/mol. The molecule has 0 aliphatic carbocycles. The number of amides is 1. The number of hydrogen-bond acceptors (Lipinski definition) is 2. The van der Waals surface area contributed by atoms with E-state index in [1.165, 1.54) is 17.2 Å². The van der Waals surface area contributed by atoms with Crippen LogP contribution in [0, 0.1) is 0 Å². The van der Waals surface area contributed by atoms with Gasteiger partial charge in [0.05, 0.1) is 13.2 Å². The third kappa shape index (κ3) is 2.31. The van der Waals surface area contributed by atoms with E-state index in [0.29, 0.717) is 19.8 Å². The van der Waals surface area contributed by atoms with Crippen molar-refractivity contribution in [1.29, 1.82) is 0 Å². The van der Waals surface area contributed by atoms with Crippen molar-refractivity contribution in [3.05, 3.63) is 48.0 Å². The third-order valence-electron chi connectivity index (χ3n) is 2.78. The first-order valence-electron chi connectivity index (χ1n) is 5.37. The van der Waals surface area contributed by atoms with Crippen LogP contribution in [0.5, 0.6) is 0 Å². The van der Waals surface area contributed by atoms with Crippen LogP contribution in [0.2, 0.25) is 0 Å². The Bertz CT molecular complexity index is 401. The lowest BCUT2D eigenvalue weighted by Crippen LogP contribution is -2.31. The Morgan fingerprint density at radius 1 is 1.56 bits per heavy atom. The molecule has 1 amide bonds. The quantitative estimate of drug-likeness (QED) is 0.781. The van der Waals surface area contributed by atoms with E-state index >= 15 is 0 Å². The number of nitrogens with one attached hydrogen (secondary N) is 1. The van der Waals surface area contributed by atoms with Gasteiger partial charge in [-0.25, -0.2) is 0 Å². The summed E-state index contributed by atoms with van der Waals surface area (Å²) in [6.45, 7) is 5.35. The fourth-order valence-electron chi connectivity index (χ4n) is 1.93. The summed E-state index contributed by atoms with van der Waals surface area (Å²) in [6, 6.07) is 8.19. The summed E-state index contributed by atoms with van der Waals surface area (Å²) in [5, 5.41) is 2.81. The van der Waals surface area contributed by atoms with Crippen LogP contribution in [-0.4, -0.2) is 19.1 Å². The molecule has 0 spiro atoms. The predicted molar refractivity (Wildman–Crippen MR) is 62.0 cm³/mol. The molecule has 1 aromatic rings. The van der Waals surface area contributed by atoms with E-state index in [9.17, 15) is 4.79 Å². The highest BCUT2D eigenvalue weighted by molar-refractivity contribution is 5.86. The van der Waals surface area contributed by atoms with Crippen molar-refractivity contribution in [3.8, 4) is 0 Å². The van der Waals surface area contributed by atoms with Gasteiger partial charge in [0.25, 0.3) is 0 Å². The molecule has 1 atom stereocenters. The first kappa shape index (κ1) is 10.9. The summed E-state index contributed by atoms with van der Waals surface area (Å²) in [6.07, 6.45) is 1.29. The molecule has 2 rings (SSSR count). The van der Waals surface area contributed by atoms with Gasteiger partial charge in [-0.15, -0.1) is 0 Å². The molecule has 0 aromatic heterocycles. The monoisotopic (exact) mass is 217 g/mol. The molecule has 84 valence electrons. The molecular weight excluding hydrogens is 202 g/mol. The zero-order chi connectivity index (χ0) is 11.4. The first-order chi connectivity index (χ1) is 7.81. The average Bonchev–Trinajstić information content (AvgIpc) is 2.35. The Balaban J connectivity index is 2.07. The van der Waals surface area contributed by atoms with Gasteiger partial charge in [0, 0.05) is 12.5 Å². The van der Waals surface area contributed by atoms with Gasteiger partial charge in [-0.05, 0) is 17.2 Å². The molecule has 1 unspecified atom stereocenters. The lowest BCUT2D eigenvalue weighted by molar-refractivity contribution is -0.116. The van der Waals surface area contributed by atoms with E-state index in [0.717, 1.165) is 0 Å². The van der Waals surface area contributed by atoms with Crippen LogP contribution < -0.4 is 5.32 Å². The van der Waals surface area contributed by atoms with Crippen molar-refractivity contribution in [2.24, 2.45) is 0 Å². The fraction of sp³-hybridized carbons (Fsp3) is 0.308. The molecule has 0 fully saturated rings. The summed E-state index contributed by atoms with van der Waals surface area (Å²) >= 11 is 0. The second-order valence-electron chi connectivity index (χ2n) is 3.86. The topological polar surface area (TPSA) is 38.3 Å². The lowest BCUT2D eigenvalue weighted by atomic mass is 9.93. The Hall–Kier alpha value is -1.61. The van der Waals surface area contributed by atoms with E-state index in [2.05, 4.69) is 24.0 Å². The SMILES string of the molecule is C=CC(=O)NCC1COCc2ccccc21. The van der Waals surface area contributed by atoms with Crippen LogP contribution in [0.15, 0.2) is 36.9 Å². The number of ether oxygens (including phenoxy) is 1. The second-order valence-corrected chi connectivity index (χ2v) is 3.86. The van der Waals surface area contributed by atoms with Crippen molar-refractivity contribution < 1.29 is 9.53 Å². The summed E-state index contributed by atoms with van der Waals surface area (Å²) in [4.78, 5) is 11.1. The second kappa shape index (κ2) is 4.94. The van der Waals surface area contributed by atoms with Gasteiger partial charge in [0.1, 0.15) is 0 Å². The number of fused-ring (bicyclic) bond motifs is 1. The summed E-state index contributed by atoms with van der Waals surface area (Å²) in [5.74, 6) is 0.108. The maximum atomic E-state index is 11.1. The predicted octanol–water partition coefficient (Wildman–Crippen LogP) is 1.60. The smallest absolute Gasteiger partial charge is 0.243 e. The molecule has 1 aliphatic heterocycles.